The molecule has 0 aliphatic rings. The van der Waals surface area contributed by atoms with Crippen LogP contribution in [0, 0.1) is 20.8 Å². The van der Waals surface area contributed by atoms with Crippen LogP contribution in [0.4, 0.5) is 5.13 Å². The van der Waals surface area contributed by atoms with E-state index < -0.39 is 10.0 Å². The fraction of sp³-hybridized carbons (Fsp3) is 0.258. The van der Waals surface area contributed by atoms with Crippen LogP contribution in [0.2, 0.25) is 5.02 Å². The number of rotatable bonds is 10. The normalized spacial score (nSPS) is 11.9. The first-order valence-corrected chi connectivity index (χ1v) is 16.2. The third kappa shape index (κ3) is 6.27. The second-order valence-electron chi connectivity index (χ2n) is 10.1. The molecule has 0 spiro atoms. The molecule has 5 aromatic rings. The number of carbonyl (C=O) groups excluding carboxylic acids is 1. The molecule has 0 N–H and O–H groups in total. The van der Waals surface area contributed by atoms with Gasteiger partial charge in [0.1, 0.15) is 0 Å². The van der Waals surface area contributed by atoms with Crippen molar-refractivity contribution in [1.29, 1.82) is 0 Å². The Labute approximate surface area is 255 Å². The number of amides is 1. The molecule has 3 aromatic carbocycles. The van der Waals surface area contributed by atoms with E-state index in [1.54, 1.807) is 17.0 Å². The minimum absolute atomic E-state index is 0.135. The topological polar surface area (TPSA) is 88.4 Å². The molecule has 0 radical (unpaired) electrons. The Kier molecular flexibility index (Phi) is 8.79. The summed E-state index contributed by atoms with van der Waals surface area (Å²) in [6.45, 7) is 9.04. The van der Waals surface area contributed by atoms with E-state index in [1.165, 1.54) is 27.8 Å². The summed E-state index contributed by atoms with van der Waals surface area (Å²) in [4.78, 5) is 20.5. The van der Waals surface area contributed by atoms with Crippen LogP contribution in [0.25, 0.3) is 10.2 Å². The first kappa shape index (κ1) is 29.9. The third-order valence-corrected chi connectivity index (χ3v) is 10.2. The second-order valence-corrected chi connectivity index (χ2v) is 13.5. The highest BCUT2D eigenvalue weighted by molar-refractivity contribution is 7.89. The van der Waals surface area contributed by atoms with Crippen molar-refractivity contribution in [1.82, 2.24) is 19.1 Å². The molecule has 1 amide bonds. The lowest BCUT2D eigenvalue weighted by Crippen LogP contribution is -2.34. The van der Waals surface area contributed by atoms with Gasteiger partial charge in [0.05, 0.1) is 27.4 Å². The van der Waals surface area contributed by atoms with E-state index in [0.717, 1.165) is 32.7 Å². The quantitative estimate of drug-likeness (QED) is 0.175. The Bertz CT molecular complexity index is 1830. The van der Waals surface area contributed by atoms with Crippen LogP contribution < -0.4 is 4.90 Å². The summed E-state index contributed by atoms with van der Waals surface area (Å²) in [5.41, 5.74) is 4.89. The fourth-order valence-corrected chi connectivity index (χ4v) is 7.75. The third-order valence-electron chi connectivity index (χ3n) is 7.05. The maximum Gasteiger partial charge on any atom is 0.260 e. The predicted molar refractivity (Wildman–Crippen MR) is 169 cm³/mol. The zero-order chi connectivity index (χ0) is 30.0. The number of aromatic nitrogens is 3. The van der Waals surface area contributed by atoms with Gasteiger partial charge in [-0.05, 0) is 74.4 Å². The van der Waals surface area contributed by atoms with Crippen molar-refractivity contribution in [2.45, 2.75) is 45.7 Å². The molecule has 8 nitrogen and oxygen atoms in total. The molecular formula is C31H32ClN5O3S2. The Morgan fingerprint density at radius 2 is 1.71 bits per heavy atom. The lowest BCUT2D eigenvalue weighted by atomic mass is 10.2. The van der Waals surface area contributed by atoms with Crippen molar-refractivity contribution < 1.29 is 13.2 Å². The average Bonchev–Trinajstić information content (AvgIpc) is 3.54. The number of benzene rings is 3. The first-order chi connectivity index (χ1) is 20.1. The van der Waals surface area contributed by atoms with E-state index in [0.29, 0.717) is 35.4 Å². The average molecular weight is 622 g/mol. The minimum atomic E-state index is -3.77. The van der Waals surface area contributed by atoms with E-state index in [9.17, 15) is 13.2 Å². The van der Waals surface area contributed by atoms with Gasteiger partial charge in [0, 0.05) is 35.9 Å². The Morgan fingerprint density at radius 3 is 2.36 bits per heavy atom. The molecule has 0 aliphatic heterocycles. The van der Waals surface area contributed by atoms with Gasteiger partial charge in [-0.25, -0.2) is 13.4 Å². The molecule has 0 fully saturated rings. The van der Waals surface area contributed by atoms with Crippen molar-refractivity contribution in [2.24, 2.45) is 0 Å². The summed E-state index contributed by atoms with van der Waals surface area (Å²) in [5.74, 6) is -0.278. The van der Waals surface area contributed by atoms with Crippen molar-refractivity contribution in [2.75, 3.05) is 18.0 Å². The number of carbonyl (C=O) groups is 1. The van der Waals surface area contributed by atoms with Gasteiger partial charge >= 0.3 is 0 Å². The van der Waals surface area contributed by atoms with E-state index in [-0.39, 0.29) is 17.3 Å². The molecule has 2 aromatic heterocycles. The van der Waals surface area contributed by atoms with E-state index in [4.69, 9.17) is 16.6 Å². The van der Waals surface area contributed by atoms with E-state index in [2.05, 4.69) is 5.10 Å². The number of fused-ring (bicyclic) bond motifs is 1. The number of thiazole rings is 1. The van der Waals surface area contributed by atoms with Crippen LogP contribution in [0.5, 0.6) is 0 Å². The minimum Gasteiger partial charge on any atom is -0.282 e. The fourth-order valence-electron chi connectivity index (χ4n) is 4.87. The molecule has 11 heteroatoms. The zero-order valence-electron chi connectivity index (χ0n) is 23.9. The summed E-state index contributed by atoms with van der Waals surface area (Å²) >= 11 is 7.69. The molecule has 218 valence electrons. The Morgan fingerprint density at radius 1 is 1.00 bits per heavy atom. The lowest BCUT2D eigenvalue weighted by Gasteiger charge is -2.22. The number of sulfonamides is 1. The summed E-state index contributed by atoms with van der Waals surface area (Å²) < 4.78 is 31.1. The summed E-state index contributed by atoms with van der Waals surface area (Å²) in [7, 11) is -3.77. The summed E-state index contributed by atoms with van der Waals surface area (Å²) in [6, 6.07) is 21.3. The van der Waals surface area contributed by atoms with Crippen molar-refractivity contribution in [3.63, 3.8) is 0 Å². The Hall–Kier alpha value is -3.57. The molecule has 42 heavy (non-hydrogen) atoms. The van der Waals surface area contributed by atoms with Crippen LogP contribution in [0.15, 0.2) is 77.7 Å². The van der Waals surface area contributed by atoms with E-state index >= 15 is 0 Å². The lowest BCUT2D eigenvalue weighted by molar-refractivity contribution is 0.0985. The van der Waals surface area contributed by atoms with Gasteiger partial charge in [-0.1, -0.05) is 60.2 Å². The van der Waals surface area contributed by atoms with Crippen LogP contribution in [-0.2, 0) is 23.1 Å². The monoisotopic (exact) mass is 621 g/mol. The van der Waals surface area contributed by atoms with Crippen LogP contribution in [0.1, 0.15) is 39.8 Å². The molecule has 5 rings (SSSR count). The number of aryl methyl sites for hydroxylation is 3. The van der Waals surface area contributed by atoms with Crippen LogP contribution in [-0.4, -0.2) is 46.5 Å². The summed E-state index contributed by atoms with van der Waals surface area (Å²) in [5, 5.41) is 5.69. The second kappa shape index (κ2) is 12.3. The van der Waals surface area contributed by atoms with Crippen molar-refractivity contribution in [3.05, 3.63) is 106 Å². The van der Waals surface area contributed by atoms with E-state index in [1.807, 2.05) is 80.9 Å². The standard InChI is InChI=1S/C31H32ClN5O3S2/c1-5-35(20-24-9-7-6-8-10-24)42(39,40)27-13-11-25(12-14-27)30(38)36(15-16-37-23(4)18-22(3)34-37)31-33-29-21(2)17-26(32)19-28(29)41-31/h6-14,17-19H,5,15-16,20H2,1-4H3. The van der Waals surface area contributed by atoms with Crippen LogP contribution in [0.3, 0.4) is 0 Å². The largest absolute Gasteiger partial charge is 0.282 e. The summed E-state index contributed by atoms with van der Waals surface area (Å²) in [6.07, 6.45) is 0. The maximum atomic E-state index is 14.0. The zero-order valence-corrected chi connectivity index (χ0v) is 26.3. The Balaban J connectivity index is 1.44. The SMILES string of the molecule is CCN(Cc1ccccc1)S(=O)(=O)c1ccc(C(=O)N(CCn2nc(C)cc2C)c2nc3c(C)cc(Cl)cc3s2)cc1. The van der Waals surface area contributed by atoms with Gasteiger partial charge in [0.2, 0.25) is 10.0 Å². The molecule has 0 unspecified atom stereocenters. The smallest absolute Gasteiger partial charge is 0.260 e. The first-order valence-electron chi connectivity index (χ1n) is 13.6. The molecule has 2 heterocycles. The predicted octanol–water partition coefficient (Wildman–Crippen LogP) is 6.63. The van der Waals surface area contributed by atoms with Crippen LogP contribution >= 0.6 is 22.9 Å². The van der Waals surface area contributed by atoms with Gasteiger partial charge in [0.15, 0.2) is 5.13 Å². The van der Waals surface area contributed by atoms with Gasteiger partial charge < -0.3 is 0 Å². The van der Waals surface area contributed by atoms with Crippen molar-refractivity contribution in [3.8, 4) is 0 Å². The number of hydrogen-bond acceptors (Lipinski definition) is 6. The van der Waals surface area contributed by atoms with Crippen molar-refractivity contribution >= 4 is 54.2 Å². The molecule has 0 aliphatic carbocycles. The molecule has 0 atom stereocenters. The molecule has 0 saturated heterocycles. The number of halogens is 1. The van der Waals surface area contributed by atoms with Gasteiger partial charge in [-0.3, -0.25) is 14.4 Å². The number of hydrogen-bond donors (Lipinski definition) is 0. The van der Waals surface area contributed by atoms with Gasteiger partial charge in [0.25, 0.3) is 5.91 Å². The highest BCUT2D eigenvalue weighted by atomic mass is 35.5. The molecule has 0 saturated carbocycles. The number of anilines is 1. The molecule has 0 bridgehead atoms. The maximum absolute atomic E-state index is 14.0. The highest BCUT2D eigenvalue weighted by Crippen LogP contribution is 2.34. The highest BCUT2D eigenvalue weighted by Gasteiger charge is 2.26. The van der Waals surface area contributed by atoms with Gasteiger partial charge in [-0.15, -0.1) is 0 Å². The number of nitrogens with zero attached hydrogens (tertiary/aromatic N) is 5. The molecular weight excluding hydrogens is 590 g/mol. The van der Waals surface area contributed by atoms with Gasteiger partial charge in [-0.2, -0.15) is 9.40 Å².